The summed E-state index contributed by atoms with van der Waals surface area (Å²) in [6.45, 7) is 2.84. The van der Waals surface area contributed by atoms with Crippen LogP contribution in [0.1, 0.15) is 10.6 Å². The maximum absolute atomic E-state index is 4.26. The topological polar surface area (TPSA) is 53.9 Å². The van der Waals surface area contributed by atoms with Crippen LogP contribution in [0.4, 0.5) is 11.6 Å². The van der Waals surface area contributed by atoms with E-state index in [1.807, 2.05) is 32.6 Å². The Kier molecular flexibility index (Phi) is 3.53. The van der Waals surface area contributed by atoms with Crippen molar-refractivity contribution >= 4 is 23.0 Å². The number of rotatable bonds is 4. The van der Waals surface area contributed by atoms with Gasteiger partial charge < -0.3 is 10.2 Å². The second-order valence-electron chi connectivity index (χ2n) is 3.73. The number of hydrogen-bond acceptors (Lipinski definition) is 6. The fourth-order valence-electron chi connectivity index (χ4n) is 1.47. The molecule has 0 bridgehead atoms. The molecule has 2 aromatic heterocycles. The lowest BCUT2D eigenvalue weighted by Crippen LogP contribution is -2.17. The summed E-state index contributed by atoms with van der Waals surface area (Å²) < 4.78 is 0. The maximum atomic E-state index is 4.26. The molecular formula is C11H15N5S. The largest absolute Gasteiger partial charge is 0.373 e. The van der Waals surface area contributed by atoms with E-state index in [9.17, 15) is 0 Å². The standard InChI is InChI=1S/C11H15N5S/c1-8-9(17-7-15-8)5-16(3)11-4-10(12-2)13-6-14-11/h4,6-7H,5H2,1-3H3,(H,12,13,14). The lowest BCUT2D eigenvalue weighted by atomic mass is 10.3. The third kappa shape index (κ3) is 2.71. The predicted molar refractivity (Wildman–Crippen MR) is 70.5 cm³/mol. The van der Waals surface area contributed by atoms with Gasteiger partial charge in [0.25, 0.3) is 0 Å². The molecule has 0 saturated carbocycles. The molecule has 0 saturated heterocycles. The van der Waals surface area contributed by atoms with Gasteiger partial charge in [0.2, 0.25) is 0 Å². The van der Waals surface area contributed by atoms with E-state index in [4.69, 9.17) is 0 Å². The van der Waals surface area contributed by atoms with E-state index in [0.29, 0.717) is 0 Å². The monoisotopic (exact) mass is 249 g/mol. The molecule has 0 unspecified atom stereocenters. The lowest BCUT2D eigenvalue weighted by molar-refractivity contribution is 0.895. The van der Waals surface area contributed by atoms with Gasteiger partial charge in [0.1, 0.15) is 18.0 Å². The highest BCUT2D eigenvalue weighted by Crippen LogP contribution is 2.19. The summed E-state index contributed by atoms with van der Waals surface area (Å²) >= 11 is 1.67. The predicted octanol–water partition coefficient (Wildman–Crippen LogP) is 1.92. The summed E-state index contributed by atoms with van der Waals surface area (Å²) in [5.74, 6) is 1.72. The molecule has 0 aliphatic carbocycles. The molecule has 0 radical (unpaired) electrons. The zero-order chi connectivity index (χ0) is 12.3. The van der Waals surface area contributed by atoms with Crippen molar-refractivity contribution < 1.29 is 0 Å². The minimum atomic E-state index is 0.816. The number of anilines is 2. The van der Waals surface area contributed by atoms with Crippen molar-refractivity contribution in [2.45, 2.75) is 13.5 Å². The van der Waals surface area contributed by atoms with E-state index in [0.717, 1.165) is 23.9 Å². The first-order valence-corrected chi connectivity index (χ1v) is 6.18. The van der Waals surface area contributed by atoms with Gasteiger partial charge in [-0.15, -0.1) is 11.3 Å². The van der Waals surface area contributed by atoms with Gasteiger partial charge in [-0.1, -0.05) is 0 Å². The molecule has 17 heavy (non-hydrogen) atoms. The molecule has 0 spiro atoms. The van der Waals surface area contributed by atoms with Crippen molar-refractivity contribution in [3.63, 3.8) is 0 Å². The Balaban J connectivity index is 2.14. The van der Waals surface area contributed by atoms with E-state index >= 15 is 0 Å². The molecular weight excluding hydrogens is 234 g/mol. The number of aryl methyl sites for hydroxylation is 1. The highest BCUT2D eigenvalue weighted by Gasteiger charge is 2.08. The molecule has 2 aromatic rings. The van der Waals surface area contributed by atoms with E-state index in [1.54, 1.807) is 17.7 Å². The Bertz CT molecular complexity index is 496. The Hall–Kier alpha value is -1.69. The molecule has 0 aromatic carbocycles. The van der Waals surface area contributed by atoms with Crippen LogP contribution in [0.3, 0.4) is 0 Å². The Morgan fingerprint density at radius 2 is 2.18 bits per heavy atom. The minimum Gasteiger partial charge on any atom is -0.373 e. The summed E-state index contributed by atoms with van der Waals surface area (Å²) in [6.07, 6.45) is 1.57. The second-order valence-corrected chi connectivity index (χ2v) is 4.67. The summed E-state index contributed by atoms with van der Waals surface area (Å²) in [7, 11) is 3.86. The van der Waals surface area contributed by atoms with E-state index < -0.39 is 0 Å². The van der Waals surface area contributed by atoms with Crippen molar-refractivity contribution in [1.29, 1.82) is 0 Å². The smallest absolute Gasteiger partial charge is 0.134 e. The number of aromatic nitrogens is 3. The maximum Gasteiger partial charge on any atom is 0.134 e. The zero-order valence-corrected chi connectivity index (χ0v) is 11.0. The van der Waals surface area contributed by atoms with Crippen molar-refractivity contribution in [3.8, 4) is 0 Å². The third-order valence-corrected chi connectivity index (χ3v) is 3.45. The van der Waals surface area contributed by atoms with Crippen molar-refractivity contribution in [2.24, 2.45) is 0 Å². The van der Waals surface area contributed by atoms with Gasteiger partial charge in [-0.2, -0.15) is 0 Å². The lowest BCUT2D eigenvalue weighted by Gasteiger charge is -2.17. The number of thiazole rings is 1. The van der Waals surface area contributed by atoms with Crippen molar-refractivity contribution in [3.05, 3.63) is 28.5 Å². The van der Waals surface area contributed by atoms with Crippen LogP contribution in [0, 0.1) is 6.92 Å². The van der Waals surface area contributed by atoms with E-state index in [1.165, 1.54) is 4.88 Å². The summed E-state index contributed by atoms with van der Waals surface area (Å²) in [5.41, 5.74) is 2.96. The average Bonchev–Trinajstić information content (AvgIpc) is 2.75. The van der Waals surface area contributed by atoms with Crippen LogP contribution < -0.4 is 10.2 Å². The second kappa shape index (κ2) is 5.09. The van der Waals surface area contributed by atoms with Crippen LogP contribution in [0.5, 0.6) is 0 Å². The Morgan fingerprint density at radius 1 is 1.35 bits per heavy atom. The van der Waals surface area contributed by atoms with Crippen LogP contribution >= 0.6 is 11.3 Å². The molecule has 0 amide bonds. The zero-order valence-electron chi connectivity index (χ0n) is 10.1. The van der Waals surface area contributed by atoms with Crippen molar-refractivity contribution in [2.75, 3.05) is 24.3 Å². The summed E-state index contributed by atoms with van der Waals surface area (Å²) in [4.78, 5) is 15.9. The number of nitrogens with zero attached hydrogens (tertiary/aromatic N) is 4. The Morgan fingerprint density at radius 3 is 2.82 bits per heavy atom. The molecule has 1 N–H and O–H groups in total. The highest BCUT2D eigenvalue weighted by molar-refractivity contribution is 7.09. The van der Waals surface area contributed by atoms with Crippen LogP contribution in [0.25, 0.3) is 0 Å². The third-order valence-electron chi connectivity index (χ3n) is 2.53. The van der Waals surface area contributed by atoms with E-state index in [-0.39, 0.29) is 0 Å². The first-order valence-electron chi connectivity index (χ1n) is 5.30. The normalized spacial score (nSPS) is 10.3. The Labute approximate surface area is 105 Å². The molecule has 0 aliphatic rings. The first kappa shape index (κ1) is 11.8. The van der Waals surface area contributed by atoms with Gasteiger partial charge in [0.15, 0.2) is 0 Å². The van der Waals surface area contributed by atoms with Crippen molar-refractivity contribution in [1.82, 2.24) is 15.0 Å². The molecule has 2 rings (SSSR count). The highest BCUT2D eigenvalue weighted by atomic mass is 32.1. The molecule has 0 aliphatic heterocycles. The quantitative estimate of drug-likeness (QED) is 0.897. The molecule has 90 valence electrons. The van der Waals surface area contributed by atoms with Gasteiger partial charge in [-0.05, 0) is 6.92 Å². The van der Waals surface area contributed by atoms with Crippen LogP contribution in [0.15, 0.2) is 17.9 Å². The fourth-order valence-corrected chi connectivity index (χ4v) is 2.30. The van der Waals surface area contributed by atoms with E-state index in [2.05, 4.69) is 25.2 Å². The number of hydrogen-bond donors (Lipinski definition) is 1. The first-order chi connectivity index (χ1) is 8.20. The molecule has 6 heteroatoms. The SMILES string of the molecule is CNc1cc(N(C)Cc2scnc2C)ncn1. The van der Waals surface area contributed by atoms with Gasteiger partial charge in [0.05, 0.1) is 17.7 Å². The van der Waals surface area contributed by atoms with Crippen LogP contribution in [0.2, 0.25) is 0 Å². The minimum absolute atomic E-state index is 0.816. The van der Waals surface area contributed by atoms with Crippen LogP contribution in [-0.4, -0.2) is 29.0 Å². The summed E-state index contributed by atoms with van der Waals surface area (Å²) in [5, 5.41) is 3.00. The number of nitrogens with one attached hydrogen (secondary N) is 1. The van der Waals surface area contributed by atoms with Crippen LogP contribution in [-0.2, 0) is 6.54 Å². The average molecular weight is 249 g/mol. The summed E-state index contributed by atoms with van der Waals surface area (Å²) in [6, 6.07) is 1.93. The molecule has 0 atom stereocenters. The molecule has 0 fully saturated rings. The fraction of sp³-hybridized carbons (Fsp3) is 0.364. The van der Waals surface area contributed by atoms with Gasteiger partial charge >= 0.3 is 0 Å². The van der Waals surface area contributed by atoms with Gasteiger partial charge in [-0.25, -0.2) is 15.0 Å². The van der Waals surface area contributed by atoms with Gasteiger partial charge in [-0.3, -0.25) is 0 Å². The molecule has 2 heterocycles. The van der Waals surface area contributed by atoms with Gasteiger partial charge in [0, 0.05) is 25.0 Å². The molecule has 5 nitrogen and oxygen atoms in total.